The molecule has 0 spiro atoms. The van der Waals surface area contributed by atoms with Crippen LogP contribution in [0.25, 0.3) is 11.1 Å². The molecule has 7 heteroatoms. The lowest BCUT2D eigenvalue weighted by molar-refractivity contribution is -0.144. The molecular weight excluding hydrogens is 490 g/mol. The summed E-state index contributed by atoms with van der Waals surface area (Å²) >= 11 is 0. The number of esters is 1. The number of carbonyl (C=O) groups excluding carboxylic acids is 2. The molecule has 1 N–H and O–H groups in total. The highest BCUT2D eigenvalue weighted by molar-refractivity contribution is 5.96. The molecule has 2 atom stereocenters. The Morgan fingerprint density at radius 2 is 1.62 bits per heavy atom. The van der Waals surface area contributed by atoms with Crippen molar-refractivity contribution in [2.45, 2.75) is 31.7 Å². The Morgan fingerprint density at radius 3 is 2.23 bits per heavy atom. The zero-order valence-electron chi connectivity index (χ0n) is 22.9. The van der Waals surface area contributed by atoms with Crippen molar-refractivity contribution in [1.82, 2.24) is 9.80 Å². The number of benzene rings is 3. The normalized spacial score (nSPS) is 16.7. The third kappa shape index (κ3) is 7.25. The molecule has 204 valence electrons. The van der Waals surface area contributed by atoms with Gasteiger partial charge in [0, 0.05) is 26.2 Å². The van der Waals surface area contributed by atoms with Gasteiger partial charge in [-0.3, -0.25) is 15.0 Å². The van der Waals surface area contributed by atoms with Crippen molar-refractivity contribution in [3.8, 4) is 16.9 Å². The molecule has 0 bridgehead atoms. The topological polar surface area (TPSA) is 82.9 Å². The van der Waals surface area contributed by atoms with Gasteiger partial charge in [0.15, 0.2) is 0 Å². The molecule has 0 unspecified atom stereocenters. The van der Waals surface area contributed by atoms with E-state index in [1.165, 1.54) is 12.7 Å². The lowest BCUT2D eigenvalue weighted by atomic mass is 10.0. The lowest BCUT2D eigenvalue weighted by Gasteiger charge is -2.25. The number of aryl methyl sites for hydroxylation is 1. The first kappa shape index (κ1) is 27.9. The highest BCUT2D eigenvalue weighted by Crippen LogP contribution is 2.29. The number of rotatable bonds is 11. The second-order valence-electron chi connectivity index (χ2n) is 10.1. The first-order valence-electron chi connectivity index (χ1n) is 13.4. The summed E-state index contributed by atoms with van der Waals surface area (Å²) in [6.07, 6.45) is 2.41. The molecule has 0 saturated carbocycles. The van der Waals surface area contributed by atoms with Gasteiger partial charge in [-0.1, -0.05) is 66.7 Å². The molecule has 1 fully saturated rings. The Hall–Kier alpha value is -4.13. The van der Waals surface area contributed by atoms with Gasteiger partial charge in [0.05, 0.1) is 25.5 Å². The van der Waals surface area contributed by atoms with Crippen molar-refractivity contribution in [2.75, 3.05) is 34.4 Å². The van der Waals surface area contributed by atoms with Crippen LogP contribution in [0.3, 0.4) is 0 Å². The zero-order chi connectivity index (χ0) is 27.8. The first-order valence-corrected chi connectivity index (χ1v) is 13.4. The van der Waals surface area contributed by atoms with Gasteiger partial charge < -0.3 is 19.3 Å². The fraction of sp³-hybridized carbons (Fsp3) is 0.344. The second kappa shape index (κ2) is 13.1. The van der Waals surface area contributed by atoms with Crippen LogP contribution in [0.5, 0.6) is 5.75 Å². The smallest absolute Gasteiger partial charge is 0.306 e. The summed E-state index contributed by atoms with van der Waals surface area (Å²) in [5.41, 5.74) is 4.23. The molecule has 1 amide bonds. The van der Waals surface area contributed by atoms with Crippen LogP contribution in [0, 0.1) is 11.3 Å². The molecule has 3 aromatic rings. The first-order chi connectivity index (χ1) is 18.9. The molecule has 0 radical (unpaired) electrons. The third-order valence-corrected chi connectivity index (χ3v) is 7.21. The van der Waals surface area contributed by atoms with E-state index in [1.54, 1.807) is 4.90 Å². The third-order valence-electron chi connectivity index (χ3n) is 7.21. The van der Waals surface area contributed by atoms with Gasteiger partial charge in [-0.15, -0.1) is 0 Å². The van der Waals surface area contributed by atoms with Crippen LogP contribution in [0.15, 0.2) is 78.9 Å². The van der Waals surface area contributed by atoms with Gasteiger partial charge in [-0.2, -0.15) is 0 Å². The standard InChI is InChI=1S/C32H37N3O4/c1-34(2)31(33)26-13-11-24(12-14-26)25-15-17-29(18-16-25)39-22-28-20-27(21-30(36)38-3)32(37)35(28)19-7-10-23-8-5-4-6-9-23/h4-6,8-9,11-18,27-28,33H,7,10,19-22H2,1-3H3/t27-,28-/m0/s1. The summed E-state index contributed by atoms with van der Waals surface area (Å²) in [5.74, 6) is 0.475. The minimum Gasteiger partial charge on any atom is -0.491 e. The van der Waals surface area contributed by atoms with E-state index in [1.807, 2.05) is 85.7 Å². The minimum absolute atomic E-state index is 0.00297. The van der Waals surface area contributed by atoms with Crippen molar-refractivity contribution in [3.63, 3.8) is 0 Å². The highest BCUT2D eigenvalue weighted by atomic mass is 16.5. The van der Waals surface area contributed by atoms with E-state index in [4.69, 9.17) is 14.9 Å². The number of amidine groups is 1. The maximum absolute atomic E-state index is 13.2. The minimum atomic E-state index is -0.373. The van der Waals surface area contributed by atoms with Gasteiger partial charge in [-0.25, -0.2) is 0 Å². The molecule has 1 saturated heterocycles. The number of nitrogens with zero attached hydrogens (tertiary/aromatic N) is 2. The maximum atomic E-state index is 13.2. The summed E-state index contributed by atoms with van der Waals surface area (Å²) in [5, 5.41) is 8.13. The van der Waals surface area contributed by atoms with Crippen LogP contribution in [0.4, 0.5) is 0 Å². The van der Waals surface area contributed by atoms with Gasteiger partial charge in [-0.05, 0) is 48.1 Å². The molecule has 3 aromatic carbocycles. The zero-order valence-corrected chi connectivity index (χ0v) is 22.9. The summed E-state index contributed by atoms with van der Waals surface area (Å²) in [6.45, 7) is 0.995. The van der Waals surface area contributed by atoms with Crippen LogP contribution in [0.1, 0.15) is 30.4 Å². The van der Waals surface area contributed by atoms with Crippen LogP contribution in [0.2, 0.25) is 0 Å². The van der Waals surface area contributed by atoms with Gasteiger partial charge >= 0.3 is 5.97 Å². The Kier molecular flexibility index (Phi) is 9.36. The maximum Gasteiger partial charge on any atom is 0.306 e. The van der Waals surface area contributed by atoms with Crippen molar-refractivity contribution >= 4 is 17.7 Å². The van der Waals surface area contributed by atoms with Crippen LogP contribution in [-0.4, -0.2) is 67.9 Å². The molecule has 1 heterocycles. The molecule has 39 heavy (non-hydrogen) atoms. The van der Waals surface area contributed by atoms with E-state index in [2.05, 4.69) is 12.1 Å². The Bertz CT molecular complexity index is 1260. The predicted molar refractivity (Wildman–Crippen MR) is 153 cm³/mol. The highest BCUT2D eigenvalue weighted by Gasteiger charge is 2.40. The number of carbonyl (C=O) groups is 2. The van der Waals surface area contributed by atoms with Crippen molar-refractivity contribution in [1.29, 1.82) is 5.41 Å². The fourth-order valence-electron chi connectivity index (χ4n) is 4.99. The Balaban J connectivity index is 1.37. The number of likely N-dealkylation sites (tertiary alicyclic amines) is 1. The fourth-order valence-corrected chi connectivity index (χ4v) is 4.99. The Labute approximate surface area is 230 Å². The van der Waals surface area contributed by atoms with Crippen LogP contribution >= 0.6 is 0 Å². The van der Waals surface area contributed by atoms with Crippen molar-refractivity contribution in [3.05, 3.63) is 90.0 Å². The van der Waals surface area contributed by atoms with Crippen LogP contribution in [-0.2, 0) is 20.7 Å². The van der Waals surface area contributed by atoms with E-state index in [0.29, 0.717) is 25.4 Å². The molecule has 1 aliphatic rings. The number of methoxy groups -OCH3 is 1. The molecule has 0 aliphatic carbocycles. The molecule has 1 aliphatic heterocycles. The van der Waals surface area contributed by atoms with Gasteiger partial charge in [0.25, 0.3) is 0 Å². The monoisotopic (exact) mass is 527 g/mol. The number of nitrogens with one attached hydrogen (secondary N) is 1. The second-order valence-corrected chi connectivity index (χ2v) is 10.1. The summed E-state index contributed by atoms with van der Waals surface area (Å²) in [4.78, 5) is 28.7. The lowest BCUT2D eigenvalue weighted by Crippen LogP contribution is -2.38. The van der Waals surface area contributed by atoms with Gasteiger partial charge in [0.1, 0.15) is 18.2 Å². The number of hydrogen-bond acceptors (Lipinski definition) is 5. The quantitative estimate of drug-likeness (QED) is 0.215. The van der Waals surface area contributed by atoms with E-state index in [9.17, 15) is 9.59 Å². The van der Waals surface area contributed by atoms with Crippen molar-refractivity contribution in [2.24, 2.45) is 5.92 Å². The number of amides is 1. The summed E-state index contributed by atoms with van der Waals surface area (Å²) in [7, 11) is 5.08. The molecular formula is C32H37N3O4. The SMILES string of the molecule is COC(=O)C[C@@H]1C[C@@H](COc2ccc(-c3ccc(C(=N)N(C)C)cc3)cc2)N(CCCc2ccccc2)C1=O. The Morgan fingerprint density at radius 1 is 0.974 bits per heavy atom. The summed E-state index contributed by atoms with van der Waals surface area (Å²) < 4.78 is 11.0. The van der Waals surface area contributed by atoms with E-state index in [0.717, 1.165) is 35.3 Å². The number of ether oxygens (including phenoxy) is 2. The van der Waals surface area contributed by atoms with Crippen LogP contribution < -0.4 is 4.74 Å². The van der Waals surface area contributed by atoms with Crippen molar-refractivity contribution < 1.29 is 19.1 Å². The average Bonchev–Trinajstić information content (AvgIpc) is 3.25. The van der Waals surface area contributed by atoms with E-state index >= 15 is 0 Å². The van der Waals surface area contributed by atoms with E-state index in [-0.39, 0.29) is 30.3 Å². The largest absolute Gasteiger partial charge is 0.491 e. The molecule has 7 nitrogen and oxygen atoms in total. The molecule has 4 rings (SSSR count). The average molecular weight is 528 g/mol. The summed E-state index contributed by atoms with van der Waals surface area (Å²) in [6, 6.07) is 26.0. The predicted octanol–water partition coefficient (Wildman–Crippen LogP) is 5.03. The molecule has 0 aromatic heterocycles. The number of hydrogen-bond donors (Lipinski definition) is 1. The van der Waals surface area contributed by atoms with Gasteiger partial charge in [0.2, 0.25) is 5.91 Å². The van der Waals surface area contributed by atoms with E-state index < -0.39 is 0 Å².